The molecule has 1 saturated heterocycles. The number of hydrogen-bond acceptors (Lipinski definition) is 5. The molecular weight excluding hydrogens is 450 g/mol. The maximum Gasteiger partial charge on any atom is 0.387 e. The van der Waals surface area contributed by atoms with Crippen molar-refractivity contribution in [2.45, 2.75) is 13.5 Å². The number of hydrogen-bond donors (Lipinski definition) is 1. The molecule has 1 aromatic heterocycles. The van der Waals surface area contributed by atoms with E-state index in [9.17, 15) is 18.4 Å². The lowest BCUT2D eigenvalue weighted by Gasteiger charge is -2.27. The van der Waals surface area contributed by atoms with Gasteiger partial charge in [-0.1, -0.05) is 36.4 Å². The lowest BCUT2D eigenvalue weighted by atomic mass is 10.1. The van der Waals surface area contributed by atoms with Gasteiger partial charge in [0.15, 0.2) is 0 Å². The maximum absolute atomic E-state index is 13.4. The summed E-state index contributed by atoms with van der Waals surface area (Å²) in [5, 5.41) is 3.23. The van der Waals surface area contributed by atoms with Crippen LogP contribution in [0.2, 0.25) is 0 Å². The predicted molar refractivity (Wildman–Crippen MR) is 122 cm³/mol. The van der Waals surface area contributed by atoms with Gasteiger partial charge in [0.2, 0.25) is 0 Å². The van der Waals surface area contributed by atoms with Crippen LogP contribution in [0.4, 0.5) is 13.8 Å². The second kappa shape index (κ2) is 10.1. The number of carbonyl (C=O) groups excluding carboxylic acids is 2. The second-order valence-electron chi connectivity index (χ2n) is 7.39. The summed E-state index contributed by atoms with van der Waals surface area (Å²) in [6.07, 6.45) is 0. The molecule has 1 aliphatic heterocycles. The number of nitrogens with zero attached hydrogens (tertiary/aromatic N) is 1. The fourth-order valence-corrected chi connectivity index (χ4v) is 4.84. The molecule has 2 aromatic carbocycles. The highest BCUT2D eigenvalue weighted by Gasteiger charge is 2.28. The van der Waals surface area contributed by atoms with E-state index >= 15 is 0 Å². The van der Waals surface area contributed by atoms with E-state index in [1.165, 1.54) is 35.6 Å². The van der Waals surface area contributed by atoms with Gasteiger partial charge in [0.25, 0.3) is 11.8 Å². The van der Waals surface area contributed by atoms with E-state index in [0.29, 0.717) is 36.9 Å². The van der Waals surface area contributed by atoms with Crippen molar-refractivity contribution < 1.29 is 27.8 Å². The third-order valence-electron chi connectivity index (χ3n) is 5.24. The van der Waals surface area contributed by atoms with Crippen LogP contribution >= 0.6 is 11.3 Å². The second-order valence-corrected chi connectivity index (χ2v) is 8.41. The van der Waals surface area contributed by atoms with Crippen LogP contribution in [0.5, 0.6) is 5.75 Å². The summed E-state index contributed by atoms with van der Waals surface area (Å²) < 4.78 is 34.9. The van der Waals surface area contributed by atoms with Gasteiger partial charge in [-0.3, -0.25) is 9.59 Å². The molecule has 0 unspecified atom stereocenters. The molecule has 6 nitrogen and oxygen atoms in total. The molecule has 1 fully saturated rings. The molecule has 4 rings (SSSR count). The number of anilines is 1. The van der Waals surface area contributed by atoms with Crippen LogP contribution < -0.4 is 10.1 Å². The van der Waals surface area contributed by atoms with Gasteiger partial charge in [0.1, 0.15) is 10.8 Å². The van der Waals surface area contributed by atoms with Crippen LogP contribution in [-0.2, 0) is 4.74 Å². The SMILES string of the molecule is Cc1c(-c2ccccc2)sc(NC(=O)c2cccc(OC(F)F)c2)c1C(=O)N1CCOCC1. The van der Waals surface area contributed by atoms with Gasteiger partial charge in [0, 0.05) is 23.5 Å². The number of morpholine rings is 1. The molecular formula is C24H22F2N2O4S. The van der Waals surface area contributed by atoms with Crippen LogP contribution in [0, 0.1) is 6.92 Å². The molecule has 0 bridgehead atoms. The highest BCUT2D eigenvalue weighted by molar-refractivity contribution is 7.20. The van der Waals surface area contributed by atoms with Crippen LogP contribution in [0.15, 0.2) is 54.6 Å². The van der Waals surface area contributed by atoms with Crippen molar-refractivity contribution in [3.63, 3.8) is 0 Å². The van der Waals surface area contributed by atoms with Crippen LogP contribution in [0.25, 0.3) is 10.4 Å². The largest absolute Gasteiger partial charge is 0.435 e. The van der Waals surface area contributed by atoms with E-state index in [1.807, 2.05) is 37.3 Å². The molecule has 0 spiro atoms. The number of rotatable bonds is 6. The first-order valence-corrected chi connectivity index (χ1v) is 11.2. The molecule has 0 atom stereocenters. The molecule has 1 aliphatic rings. The minimum Gasteiger partial charge on any atom is -0.435 e. The molecule has 1 N–H and O–H groups in total. The van der Waals surface area contributed by atoms with E-state index < -0.39 is 12.5 Å². The van der Waals surface area contributed by atoms with Crippen molar-refractivity contribution in [2.24, 2.45) is 0 Å². The van der Waals surface area contributed by atoms with Crippen LogP contribution in [0.1, 0.15) is 26.3 Å². The Morgan fingerprint density at radius 3 is 2.52 bits per heavy atom. The molecule has 0 saturated carbocycles. The summed E-state index contributed by atoms with van der Waals surface area (Å²) in [7, 11) is 0. The van der Waals surface area contributed by atoms with Gasteiger partial charge in [-0.05, 0) is 36.2 Å². The van der Waals surface area contributed by atoms with Crippen LogP contribution in [0.3, 0.4) is 0 Å². The topological polar surface area (TPSA) is 67.9 Å². The first-order valence-electron chi connectivity index (χ1n) is 10.4. The van der Waals surface area contributed by atoms with Gasteiger partial charge in [-0.25, -0.2) is 0 Å². The average molecular weight is 473 g/mol. The number of benzene rings is 2. The van der Waals surface area contributed by atoms with E-state index in [2.05, 4.69) is 10.1 Å². The molecule has 2 heterocycles. The Kier molecular flexibility index (Phi) is 7.00. The van der Waals surface area contributed by atoms with Crippen molar-refractivity contribution >= 4 is 28.2 Å². The number of carbonyl (C=O) groups is 2. The smallest absolute Gasteiger partial charge is 0.387 e. The predicted octanol–water partition coefficient (Wildman–Crippen LogP) is 5.05. The Morgan fingerprint density at radius 1 is 1.09 bits per heavy atom. The first kappa shape index (κ1) is 22.9. The van der Waals surface area contributed by atoms with Crippen molar-refractivity contribution in [1.29, 1.82) is 0 Å². The minimum absolute atomic E-state index is 0.116. The Labute approximate surface area is 193 Å². The number of amides is 2. The van der Waals surface area contributed by atoms with E-state index in [1.54, 1.807) is 4.90 Å². The Balaban J connectivity index is 1.69. The molecule has 33 heavy (non-hydrogen) atoms. The number of thiophene rings is 1. The van der Waals surface area contributed by atoms with Gasteiger partial charge in [0.05, 0.1) is 18.8 Å². The van der Waals surface area contributed by atoms with Crippen LogP contribution in [-0.4, -0.2) is 49.6 Å². The quantitative estimate of drug-likeness (QED) is 0.545. The number of ether oxygens (including phenoxy) is 2. The third-order valence-corrected chi connectivity index (χ3v) is 6.50. The van der Waals surface area contributed by atoms with Crippen molar-refractivity contribution in [1.82, 2.24) is 4.90 Å². The summed E-state index contributed by atoms with van der Waals surface area (Å²) in [5.74, 6) is -0.819. The molecule has 0 aliphatic carbocycles. The van der Waals surface area contributed by atoms with E-state index in [4.69, 9.17) is 4.74 Å². The summed E-state index contributed by atoms with van der Waals surface area (Å²) in [5.41, 5.74) is 2.27. The summed E-state index contributed by atoms with van der Waals surface area (Å²) in [4.78, 5) is 29.0. The highest BCUT2D eigenvalue weighted by Crippen LogP contribution is 2.40. The lowest BCUT2D eigenvalue weighted by Crippen LogP contribution is -2.41. The standard InChI is InChI=1S/C24H22F2N2O4S/c1-15-19(23(30)28-10-12-31-13-11-28)22(33-20(15)16-6-3-2-4-7-16)27-21(29)17-8-5-9-18(14-17)32-24(25)26/h2-9,14,24H,10-13H2,1H3,(H,27,29). The Hall–Kier alpha value is -3.30. The fourth-order valence-electron chi connectivity index (χ4n) is 3.64. The van der Waals surface area contributed by atoms with E-state index in [-0.39, 0.29) is 17.2 Å². The Morgan fingerprint density at radius 2 is 1.82 bits per heavy atom. The Bertz CT molecular complexity index is 1140. The third kappa shape index (κ3) is 5.20. The molecule has 2 amide bonds. The monoisotopic (exact) mass is 472 g/mol. The zero-order chi connectivity index (χ0) is 23.4. The first-order chi connectivity index (χ1) is 15.9. The number of alkyl halides is 2. The molecule has 172 valence electrons. The molecule has 3 aromatic rings. The zero-order valence-corrected chi connectivity index (χ0v) is 18.7. The summed E-state index contributed by atoms with van der Waals surface area (Å²) >= 11 is 1.31. The zero-order valence-electron chi connectivity index (χ0n) is 17.8. The lowest BCUT2D eigenvalue weighted by molar-refractivity contribution is -0.0498. The van der Waals surface area contributed by atoms with Gasteiger partial charge in [-0.2, -0.15) is 8.78 Å². The summed E-state index contributed by atoms with van der Waals surface area (Å²) in [6.45, 7) is 0.719. The van der Waals surface area contributed by atoms with Gasteiger partial charge in [-0.15, -0.1) is 11.3 Å². The van der Waals surface area contributed by atoms with Crippen molar-refractivity contribution in [3.8, 4) is 16.2 Å². The fraction of sp³-hybridized carbons (Fsp3) is 0.250. The van der Waals surface area contributed by atoms with Crippen molar-refractivity contribution in [3.05, 3.63) is 71.3 Å². The molecule has 0 radical (unpaired) electrons. The summed E-state index contributed by atoms with van der Waals surface area (Å²) in [6, 6.07) is 15.1. The molecule has 9 heteroatoms. The highest BCUT2D eigenvalue weighted by atomic mass is 32.1. The van der Waals surface area contributed by atoms with Crippen molar-refractivity contribution in [2.75, 3.05) is 31.6 Å². The average Bonchev–Trinajstić information content (AvgIpc) is 3.15. The minimum atomic E-state index is -2.99. The maximum atomic E-state index is 13.4. The van der Waals surface area contributed by atoms with Gasteiger partial charge >= 0.3 is 6.61 Å². The number of halogens is 2. The normalized spacial score (nSPS) is 13.8. The van der Waals surface area contributed by atoms with E-state index in [0.717, 1.165) is 16.0 Å². The number of nitrogens with one attached hydrogen (secondary N) is 1. The van der Waals surface area contributed by atoms with Gasteiger partial charge < -0.3 is 19.7 Å².